The fourth-order valence-corrected chi connectivity index (χ4v) is 2.65. The first-order valence-corrected chi connectivity index (χ1v) is 6.27. The summed E-state index contributed by atoms with van der Waals surface area (Å²) >= 11 is 0. The summed E-state index contributed by atoms with van der Waals surface area (Å²) in [5.74, 6) is -0.647. The number of amides is 1. The molecule has 2 rings (SSSR count). The van der Waals surface area contributed by atoms with Crippen molar-refractivity contribution in [3.8, 4) is 0 Å². The molecule has 5 nitrogen and oxygen atoms in total. The maximum Gasteiger partial charge on any atom is 0.319 e. The molecule has 0 aromatic rings. The molecule has 0 bridgehead atoms. The van der Waals surface area contributed by atoms with Gasteiger partial charge in [0.05, 0.1) is 0 Å². The number of nitrogens with one attached hydrogen (secondary N) is 1. The van der Waals surface area contributed by atoms with E-state index >= 15 is 0 Å². The van der Waals surface area contributed by atoms with Crippen LogP contribution in [-0.2, 0) is 9.59 Å². The standard InChI is InChI=1S/C12H20N2O3/c1-13-7-9-3-2-6-14(8-9)10(15)12(4-5-12)11(16)17/h9,13H,2-8H2,1H3,(H,16,17). The number of aliphatic carboxylic acids is 1. The molecular formula is C12H20N2O3. The van der Waals surface area contributed by atoms with Crippen LogP contribution in [0, 0.1) is 11.3 Å². The smallest absolute Gasteiger partial charge is 0.319 e. The van der Waals surface area contributed by atoms with E-state index in [2.05, 4.69) is 5.32 Å². The summed E-state index contributed by atoms with van der Waals surface area (Å²) in [4.78, 5) is 25.1. The maximum absolute atomic E-state index is 12.2. The molecule has 2 fully saturated rings. The van der Waals surface area contributed by atoms with E-state index in [-0.39, 0.29) is 5.91 Å². The third kappa shape index (κ3) is 2.29. The van der Waals surface area contributed by atoms with Crippen LogP contribution >= 0.6 is 0 Å². The summed E-state index contributed by atoms with van der Waals surface area (Å²) in [5.41, 5.74) is -1.07. The second-order valence-corrected chi connectivity index (χ2v) is 5.20. The molecule has 0 aromatic carbocycles. The quantitative estimate of drug-likeness (QED) is 0.694. The predicted octanol–water partition coefficient (Wildman–Crippen LogP) is 0.309. The number of carbonyl (C=O) groups is 2. The van der Waals surface area contributed by atoms with Gasteiger partial charge < -0.3 is 15.3 Å². The molecule has 1 unspecified atom stereocenters. The minimum Gasteiger partial charge on any atom is -0.480 e. The Morgan fingerprint density at radius 3 is 2.71 bits per heavy atom. The fourth-order valence-electron chi connectivity index (χ4n) is 2.65. The minimum absolute atomic E-state index is 0.161. The van der Waals surface area contributed by atoms with Crippen molar-refractivity contribution < 1.29 is 14.7 Å². The number of carbonyl (C=O) groups excluding carboxylic acids is 1. The van der Waals surface area contributed by atoms with Crippen molar-refractivity contribution in [3.63, 3.8) is 0 Å². The number of carboxylic acids is 1. The summed E-state index contributed by atoms with van der Waals surface area (Å²) in [7, 11) is 1.90. The van der Waals surface area contributed by atoms with Gasteiger partial charge in [0, 0.05) is 13.1 Å². The molecule has 96 valence electrons. The van der Waals surface area contributed by atoms with Gasteiger partial charge in [-0.1, -0.05) is 0 Å². The van der Waals surface area contributed by atoms with Gasteiger partial charge in [-0.2, -0.15) is 0 Å². The van der Waals surface area contributed by atoms with Crippen molar-refractivity contribution >= 4 is 11.9 Å². The van der Waals surface area contributed by atoms with Crippen molar-refractivity contribution in [2.75, 3.05) is 26.7 Å². The second kappa shape index (κ2) is 4.64. The van der Waals surface area contributed by atoms with Gasteiger partial charge in [0.15, 0.2) is 0 Å². The highest BCUT2D eigenvalue weighted by Crippen LogP contribution is 2.47. The Kier molecular flexibility index (Phi) is 3.38. The van der Waals surface area contributed by atoms with Crippen LogP contribution in [0.2, 0.25) is 0 Å². The number of likely N-dealkylation sites (tertiary alicyclic amines) is 1. The lowest BCUT2D eigenvalue weighted by Crippen LogP contribution is -2.47. The van der Waals surface area contributed by atoms with E-state index in [1.165, 1.54) is 0 Å². The largest absolute Gasteiger partial charge is 0.480 e. The zero-order valence-electron chi connectivity index (χ0n) is 10.2. The Labute approximate surface area is 101 Å². The van der Waals surface area contributed by atoms with Gasteiger partial charge in [0.25, 0.3) is 0 Å². The highest BCUT2D eigenvalue weighted by atomic mass is 16.4. The Balaban J connectivity index is 1.98. The number of hydrogen-bond donors (Lipinski definition) is 2. The van der Waals surface area contributed by atoms with E-state index in [1.54, 1.807) is 4.90 Å². The highest BCUT2D eigenvalue weighted by Gasteiger charge is 2.58. The first-order chi connectivity index (χ1) is 8.10. The first-order valence-electron chi connectivity index (χ1n) is 6.27. The van der Waals surface area contributed by atoms with Crippen molar-refractivity contribution in [2.24, 2.45) is 11.3 Å². The van der Waals surface area contributed by atoms with E-state index in [9.17, 15) is 9.59 Å². The molecule has 17 heavy (non-hydrogen) atoms. The van der Waals surface area contributed by atoms with Crippen molar-refractivity contribution in [1.82, 2.24) is 10.2 Å². The molecule has 1 saturated heterocycles. The van der Waals surface area contributed by atoms with Gasteiger partial charge in [-0.3, -0.25) is 9.59 Å². The maximum atomic E-state index is 12.2. The van der Waals surface area contributed by atoms with Gasteiger partial charge in [0.2, 0.25) is 5.91 Å². The number of rotatable bonds is 4. The first kappa shape index (κ1) is 12.4. The van der Waals surface area contributed by atoms with Crippen LogP contribution < -0.4 is 5.32 Å². The zero-order chi connectivity index (χ0) is 12.5. The SMILES string of the molecule is CNCC1CCCN(C(=O)C2(C(=O)O)CC2)C1. The molecule has 0 aromatic heterocycles. The van der Waals surface area contributed by atoms with Crippen molar-refractivity contribution in [2.45, 2.75) is 25.7 Å². The van der Waals surface area contributed by atoms with Crippen LogP contribution in [0.15, 0.2) is 0 Å². The van der Waals surface area contributed by atoms with Crippen LogP contribution in [-0.4, -0.2) is 48.6 Å². The van der Waals surface area contributed by atoms with Crippen LogP contribution in [0.4, 0.5) is 0 Å². The Bertz CT molecular complexity index is 324. The zero-order valence-corrected chi connectivity index (χ0v) is 10.2. The lowest BCUT2D eigenvalue weighted by atomic mass is 9.95. The average molecular weight is 240 g/mol. The third-order valence-electron chi connectivity index (χ3n) is 3.87. The molecule has 1 amide bonds. The predicted molar refractivity (Wildman–Crippen MR) is 62.5 cm³/mol. The molecule has 5 heteroatoms. The van der Waals surface area contributed by atoms with Crippen LogP contribution in [0.3, 0.4) is 0 Å². The Morgan fingerprint density at radius 2 is 2.18 bits per heavy atom. The summed E-state index contributed by atoms with van der Waals surface area (Å²) in [5, 5.41) is 12.2. The van der Waals surface area contributed by atoms with E-state index in [4.69, 9.17) is 5.11 Å². The van der Waals surface area contributed by atoms with Gasteiger partial charge >= 0.3 is 5.97 Å². The molecule has 2 aliphatic rings. The van der Waals surface area contributed by atoms with Crippen molar-refractivity contribution in [1.29, 1.82) is 0 Å². The summed E-state index contributed by atoms with van der Waals surface area (Å²) < 4.78 is 0. The summed E-state index contributed by atoms with van der Waals surface area (Å²) in [6.07, 6.45) is 3.11. The number of nitrogens with zero attached hydrogens (tertiary/aromatic N) is 1. The molecule has 1 aliphatic heterocycles. The van der Waals surface area contributed by atoms with Crippen LogP contribution in [0.5, 0.6) is 0 Å². The lowest BCUT2D eigenvalue weighted by Gasteiger charge is -2.34. The highest BCUT2D eigenvalue weighted by molar-refractivity contribution is 6.04. The molecule has 2 N–H and O–H groups in total. The molecule has 1 heterocycles. The minimum atomic E-state index is -1.07. The summed E-state index contributed by atoms with van der Waals surface area (Å²) in [6, 6.07) is 0. The molecule has 0 spiro atoms. The normalized spacial score (nSPS) is 26.6. The number of hydrogen-bond acceptors (Lipinski definition) is 3. The van der Waals surface area contributed by atoms with E-state index in [1.807, 2.05) is 7.05 Å². The van der Waals surface area contributed by atoms with Gasteiger partial charge in [-0.15, -0.1) is 0 Å². The molecule has 1 saturated carbocycles. The average Bonchev–Trinajstić information content (AvgIpc) is 3.10. The van der Waals surface area contributed by atoms with Crippen LogP contribution in [0.25, 0.3) is 0 Å². The topological polar surface area (TPSA) is 69.6 Å². The monoisotopic (exact) mass is 240 g/mol. The summed E-state index contributed by atoms with van der Waals surface area (Å²) in [6.45, 7) is 2.31. The molecule has 1 atom stereocenters. The second-order valence-electron chi connectivity index (χ2n) is 5.20. The molecule has 0 radical (unpaired) electrons. The third-order valence-corrected chi connectivity index (χ3v) is 3.87. The fraction of sp³-hybridized carbons (Fsp3) is 0.833. The van der Waals surface area contributed by atoms with Gasteiger partial charge in [-0.25, -0.2) is 0 Å². The van der Waals surface area contributed by atoms with E-state index in [0.29, 0.717) is 31.8 Å². The Hall–Kier alpha value is -1.10. The molecular weight excluding hydrogens is 220 g/mol. The Morgan fingerprint density at radius 1 is 1.47 bits per heavy atom. The van der Waals surface area contributed by atoms with Crippen LogP contribution in [0.1, 0.15) is 25.7 Å². The van der Waals surface area contributed by atoms with E-state index in [0.717, 1.165) is 19.4 Å². The van der Waals surface area contributed by atoms with Gasteiger partial charge in [-0.05, 0) is 45.2 Å². The number of carboxylic acid groups (broad SMARTS) is 1. The lowest BCUT2D eigenvalue weighted by molar-refractivity contribution is -0.154. The molecule has 1 aliphatic carbocycles. The van der Waals surface area contributed by atoms with Crippen molar-refractivity contribution in [3.05, 3.63) is 0 Å². The van der Waals surface area contributed by atoms with E-state index < -0.39 is 11.4 Å². The number of piperidine rings is 1. The van der Waals surface area contributed by atoms with Gasteiger partial charge in [0.1, 0.15) is 5.41 Å².